The molecule has 0 radical (unpaired) electrons. The van der Waals surface area contributed by atoms with Gasteiger partial charge in [0.2, 0.25) is 15.9 Å². The van der Waals surface area contributed by atoms with Gasteiger partial charge in [0.15, 0.2) is 0 Å². The Labute approximate surface area is 120 Å². The van der Waals surface area contributed by atoms with Gasteiger partial charge < -0.3 is 5.32 Å². The van der Waals surface area contributed by atoms with E-state index in [-0.39, 0.29) is 10.8 Å². The summed E-state index contributed by atoms with van der Waals surface area (Å²) in [6, 6.07) is 6.40. The monoisotopic (exact) mass is 296 g/mol. The zero-order valence-electron chi connectivity index (χ0n) is 11.9. The molecule has 0 saturated carbocycles. The molecule has 0 spiro atoms. The second-order valence-electron chi connectivity index (χ2n) is 4.33. The van der Waals surface area contributed by atoms with E-state index in [1.165, 1.54) is 19.2 Å². The van der Waals surface area contributed by atoms with Gasteiger partial charge in [-0.1, -0.05) is 25.1 Å². The van der Waals surface area contributed by atoms with Crippen LogP contribution < -0.4 is 10.0 Å². The summed E-state index contributed by atoms with van der Waals surface area (Å²) in [6.07, 6.45) is 2.67. The summed E-state index contributed by atoms with van der Waals surface area (Å²) in [6.45, 7) is 4.10. The van der Waals surface area contributed by atoms with Gasteiger partial charge in [0, 0.05) is 12.1 Å². The van der Waals surface area contributed by atoms with Crippen molar-refractivity contribution >= 4 is 15.9 Å². The molecular weight excluding hydrogens is 276 g/mol. The van der Waals surface area contributed by atoms with Crippen LogP contribution in [0.25, 0.3) is 0 Å². The Morgan fingerprint density at radius 3 is 2.35 bits per heavy atom. The van der Waals surface area contributed by atoms with Gasteiger partial charge in [-0.2, -0.15) is 0 Å². The molecule has 0 fully saturated rings. The largest absolute Gasteiger partial charge is 0.348 e. The van der Waals surface area contributed by atoms with Gasteiger partial charge in [0.1, 0.15) is 0 Å². The summed E-state index contributed by atoms with van der Waals surface area (Å²) in [7, 11) is -2.05. The van der Waals surface area contributed by atoms with Gasteiger partial charge >= 0.3 is 0 Å². The van der Waals surface area contributed by atoms with Crippen LogP contribution in [0.3, 0.4) is 0 Å². The summed E-state index contributed by atoms with van der Waals surface area (Å²) in [5, 5.41) is 2.78. The SMILES string of the molecule is CCC=C(C)C(=O)NCc1ccc(S(=O)(=O)NC)cc1. The number of carbonyl (C=O) groups excluding carboxylic acids is 1. The average Bonchev–Trinajstić information content (AvgIpc) is 2.45. The van der Waals surface area contributed by atoms with Crippen LogP contribution in [0.15, 0.2) is 40.8 Å². The third-order valence-electron chi connectivity index (χ3n) is 2.82. The average molecular weight is 296 g/mol. The Morgan fingerprint density at radius 1 is 1.25 bits per heavy atom. The molecule has 0 saturated heterocycles. The molecule has 0 aliphatic carbocycles. The molecule has 6 heteroatoms. The van der Waals surface area contributed by atoms with Crippen molar-refractivity contribution < 1.29 is 13.2 Å². The van der Waals surface area contributed by atoms with Crippen molar-refractivity contribution in [2.24, 2.45) is 0 Å². The Balaban J connectivity index is 2.68. The smallest absolute Gasteiger partial charge is 0.246 e. The maximum atomic E-state index is 11.7. The summed E-state index contributed by atoms with van der Waals surface area (Å²) in [5.74, 6) is -0.112. The van der Waals surface area contributed by atoms with Crippen LogP contribution in [0.2, 0.25) is 0 Å². The molecule has 5 nitrogen and oxygen atoms in total. The minimum absolute atomic E-state index is 0.112. The summed E-state index contributed by atoms with van der Waals surface area (Å²) < 4.78 is 25.4. The van der Waals surface area contributed by atoms with Crippen molar-refractivity contribution in [3.8, 4) is 0 Å². The third kappa shape index (κ3) is 4.47. The first-order valence-electron chi connectivity index (χ1n) is 6.38. The van der Waals surface area contributed by atoms with Crippen molar-refractivity contribution in [1.29, 1.82) is 0 Å². The van der Waals surface area contributed by atoms with E-state index in [0.717, 1.165) is 12.0 Å². The number of nitrogens with one attached hydrogen (secondary N) is 2. The molecule has 0 unspecified atom stereocenters. The molecule has 0 bridgehead atoms. The van der Waals surface area contributed by atoms with Gasteiger partial charge in [-0.05, 0) is 38.1 Å². The molecule has 1 rings (SSSR count). The van der Waals surface area contributed by atoms with Gasteiger partial charge in [-0.15, -0.1) is 0 Å². The van der Waals surface area contributed by atoms with E-state index in [1.54, 1.807) is 19.1 Å². The highest BCUT2D eigenvalue weighted by atomic mass is 32.2. The first-order valence-corrected chi connectivity index (χ1v) is 7.86. The zero-order valence-corrected chi connectivity index (χ0v) is 12.8. The van der Waals surface area contributed by atoms with Gasteiger partial charge in [-0.25, -0.2) is 13.1 Å². The van der Waals surface area contributed by atoms with Crippen LogP contribution >= 0.6 is 0 Å². The van der Waals surface area contributed by atoms with Gasteiger partial charge in [-0.3, -0.25) is 4.79 Å². The summed E-state index contributed by atoms with van der Waals surface area (Å²) in [5.41, 5.74) is 1.53. The number of hydrogen-bond acceptors (Lipinski definition) is 3. The number of rotatable bonds is 6. The topological polar surface area (TPSA) is 75.3 Å². The van der Waals surface area contributed by atoms with Crippen molar-refractivity contribution in [1.82, 2.24) is 10.0 Å². The molecule has 0 aliphatic rings. The normalized spacial score (nSPS) is 12.2. The molecule has 1 aromatic rings. The lowest BCUT2D eigenvalue weighted by atomic mass is 10.2. The van der Waals surface area contributed by atoms with Crippen LogP contribution in [0.4, 0.5) is 0 Å². The van der Waals surface area contributed by atoms with Crippen molar-refractivity contribution in [2.45, 2.75) is 31.7 Å². The van der Waals surface area contributed by atoms with Crippen molar-refractivity contribution in [2.75, 3.05) is 7.05 Å². The van der Waals surface area contributed by atoms with E-state index in [9.17, 15) is 13.2 Å². The summed E-state index contributed by atoms with van der Waals surface area (Å²) >= 11 is 0. The number of benzene rings is 1. The van der Waals surface area contributed by atoms with Crippen LogP contribution in [0.5, 0.6) is 0 Å². The highest BCUT2D eigenvalue weighted by molar-refractivity contribution is 7.89. The molecule has 2 N–H and O–H groups in total. The predicted molar refractivity (Wildman–Crippen MR) is 78.6 cm³/mol. The Hall–Kier alpha value is -1.66. The molecule has 0 aliphatic heterocycles. The predicted octanol–water partition coefficient (Wildman–Crippen LogP) is 1.57. The van der Waals surface area contributed by atoms with Crippen LogP contribution in [0.1, 0.15) is 25.8 Å². The number of hydrogen-bond donors (Lipinski definition) is 2. The molecular formula is C14H20N2O3S. The van der Waals surface area contributed by atoms with Crippen LogP contribution in [0, 0.1) is 0 Å². The highest BCUT2D eigenvalue weighted by Crippen LogP contribution is 2.10. The quantitative estimate of drug-likeness (QED) is 0.782. The number of amides is 1. The zero-order chi connectivity index (χ0) is 15.2. The molecule has 1 aromatic carbocycles. The minimum Gasteiger partial charge on any atom is -0.348 e. The maximum Gasteiger partial charge on any atom is 0.246 e. The third-order valence-corrected chi connectivity index (χ3v) is 4.25. The minimum atomic E-state index is -3.41. The fraction of sp³-hybridized carbons (Fsp3) is 0.357. The Bertz CT molecular complexity index is 589. The van der Waals surface area contributed by atoms with E-state index in [0.29, 0.717) is 12.1 Å². The van der Waals surface area contributed by atoms with Crippen molar-refractivity contribution in [3.63, 3.8) is 0 Å². The number of allylic oxidation sites excluding steroid dienone is 1. The van der Waals surface area contributed by atoms with Gasteiger partial charge in [0.05, 0.1) is 4.90 Å². The van der Waals surface area contributed by atoms with Gasteiger partial charge in [0.25, 0.3) is 0 Å². The molecule has 0 aromatic heterocycles. The lowest BCUT2D eigenvalue weighted by molar-refractivity contribution is -0.117. The second kappa shape index (κ2) is 7.21. The van der Waals surface area contributed by atoms with E-state index in [4.69, 9.17) is 0 Å². The Kier molecular flexibility index (Phi) is 5.91. The fourth-order valence-corrected chi connectivity index (χ4v) is 2.36. The molecule has 1 amide bonds. The van der Waals surface area contributed by atoms with E-state index in [1.807, 2.05) is 13.0 Å². The van der Waals surface area contributed by atoms with Crippen LogP contribution in [-0.2, 0) is 21.4 Å². The fourth-order valence-electron chi connectivity index (χ4n) is 1.62. The number of sulfonamides is 1. The van der Waals surface area contributed by atoms with Crippen molar-refractivity contribution in [3.05, 3.63) is 41.5 Å². The molecule has 20 heavy (non-hydrogen) atoms. The van der Waals surface area contributed by atoms with Crippen LogP contribution in [-0.4, -0.2) is 21.4 Å². The highest BCUT2D eigenvalue weighted by Gasteiger charge is 2.10. The maximum absolute atomic E-state index is 11.7. The molecule has 0 atom stereocenters. The lowest BCUT2D eigenvalue weighted by Gasteiger charge is -2.07. The van der Waals surface area contributed by atoms with E-state index in [2.05, 4.69) is 10.0 Å². The Morgan fingerprint density at radius 2 is 1.85 bits per heavy atom. The first kappa shape index (κ1) is 16.4. The molecule has 110 valence electrons. The second-order valence-corrected chi connectivity index (χ2v) is 6.22. The standard InChI is InChI=1S/C14H20N2O3S/c1-4-5-11(2)14(17)16-10-12-6-8-13(9-7-12)20(18,19)15-3/h5-9,15H,4,10H2,1-3H3,(H,16,17). The first-order chi connectivity index (χ1) is 9.40. The lowest BCUT2D eigenvalue weighted by Crippen LogP contribution is -2.23. The van der Waals surface area contributed by atoms with E-state index >= 15 is 0 Å². The molecule has 0 heterocycles. The summed E-state index contributed by atoms with van der Waals surface area (Å²) in [4.78, 5) is 11.9. The number of carbonyl (C=O) groups is 1. The van der Waals surface area contributed by atoms with E-state index < -0.39 is 10.0 Å².